The van der Waals surface area contributed by atoms with Crippen molar-refractivity contribution < 1.29 is 27.9 Å². The van der Waals surface area contributed by atoms with Crippen LogP contribution < -0.4 is 0 Å². The highest BCUT2D eigenvalue weighted by atomic mass is 19.4. The number of carboxylic acid groups (broad SMARTS) is 1. The number of amides is 1. The van der Waals surface area contributed by atoms with Gasteiger partial charge >= 0.3 is 12.1 Å². The highest BCUT2D eigenvalue weighted by molar-refractivity contribution is 5.84. The van der Waals surface area contributed by atoms with Crippen LogP contribution in [0, 0.1) is 0 Å². The number of carboxylic acids is 1. The standard InChI is InChI=1S/C17H17F3N4O3/c18-17(19,20)13-3-1-11(2-4-13)12-5-7-23(8-6-12)15(25)10-24-9-14(16(26)27)21-22-24/h1-4,9,12H,5-8,10H2,(H,26,27). The Morgan fingerprint density at radius 1 is 1.15 bits per heavy atom. The fourth-order valence-corrected chi connectivity index (χ4v) is 3.12. The molecule has 0 unspecified atom stereocenters. The van der Waals surface area contributed by atoms with Gasteiger partial charge in [0, 0.05) is 13.1 Å². The van der Waals surface area contributed by atoms with Crippen LogP contribution in [0.15, 0.2) is 30.5 Å². The fraction of sp³-hybridized carbons (Fsp3) is 0.412. The molecule has 2 heterocycles. The predicted molar refractivity (Wildman–Crippen MR) is 87.0 cm³/mol. The van der Waals surface area contributed by atoms with E-state index in [4.69, 9.17) is 5.11 Å². The number of halogens is 3. The summed E-state index contributed by atoms with van der Waals surface area (Å²) in [6.07, 6.45) is -1.87. The number of aromatic carboxylic acids is 1. The van der Waals surface area contributed by atoms with E-state index in [9.17, 15) is 22.8 Å². The third-order valence-corrected chi connectivity index (χ3v) is 4.61. The number of carbonyl (C=O) groups excluding carboxylic acids is 1. The lowest BCUT2D eigenvalue weighted by molar-refractivity contribution is -0.137. The Balaban J connectivity index is 1.55. The van der Waals surface area contributed by atoms with E-state index in [1.54, 1.807) is 4.90 Å². The summed E-state index contributed by atoms with van der Waals surface area (Å²) in [4.78, 5) is 24.7. The first-order valence-electron chi connectivity index (χ1n) is 8.32. The minimum absolute atomic E-state index is 0.0984. The highest BCUT2D eigenvalue weighted by Crippen LogP contribution is 2.32. The van der Waals surface area contributed by atoms with Crippen molar-refractivity contribution in [3.8, 4) is 0 Å². The van der Waals surface area contributed by atoms with Crippen molar-refractivity contribution in [2.75, 3.05) is 13.1 Å². The normalized spacial score (nSPS) is 15.7. The molecule has 0 radical (unpaired) electrons. The predicted octanol–water partition coefficient (Wildman–Crippen LogP) is 2.40. The number of benzene rings is 1. The average molecular weight is 382 g/mol. The van der Waals surface area contributed by atoms with Crippen LogP contribution in [0.2, 0.25) is 0 Å². The third kappa shape index (κ3) is 4.44. The molecule has 0 aliphatic carbocycles. The number of likely N-dealkylation sites (tertiary alicyclic amines) is 1. The van der Waals surface area contributed by atoms with E-state index in [0.29, 0.717) is 25.9 Å². The van der Waals surface area contributed by atoms with Gasteiger partial charge in [0.15, 0.2) is 5.69 Å². The Bertz CT molecular complexity index is 825. The van der Waals surface area contributed by atoms with Gasteiger partial charge < -0.3 is 10.0 Å². The van der Waals surface area contributed by atoms with Crippen LogP contribution in [-0.4, -0.2) is 50.0 Å². The first kappa shape index (κ1) is 18.9. The molecule has 1 N–H and O–H groups in total. The average Bonchev–Trinajstić information content (AvgIpc) is 3.10. The number of carbonyl (C=O) groups is 2. The number of nitrogens with zero attached hydrogens (tertiary/aromatic N) is 4. The van der Waals surface area contributed by atoms with Crippen molar-refractivity contribution >= 4 is 11.9 Å². The number of rotatable bonds is 4. The van der Waals surface area contributed by atoms with Crippen molar-refractivity contribution in [3.05, 3.63) is 47.3 Å². The van der Waals surface area contributed by atoms with E-state index >= 15 is 0 Å². The molecule has 1 amide bonds. The molecule has 1 aliphatic rings. The van der Waals surface area contributed by atoms with Crippen LogP contribution in [0.25, 0.3) is 0 Å². The SMILES string of the molecule is O=C(O)c1cn(CC(=O)N2CCC(c3ccc(C(F)(F)F)cc3)CC2)nn1. The van der Waals surface area contributed by atoms with Gasteiger partial charge in [0.1, 0.15) is 6.54 Å². The molecule has 1 aliphatic heterocycles. The lowest BCUT2D eigenvalue weighted by atomic mass is 9.89. The maximum absolute atomic E-state index is 12.6. The van der Waals surface area contributed by atoms with E-state index < -0.39 is 17.7 Å². The molecule has 1 fully saturated rings. The minimum atomic E-state index is -4.35. The molecule has 10 heteroatoms. The zero-order valence-electron chi connectivity index (χ0n) is 14.2. The zero-order chi connectivity index (χ0) is 19.6. The summed E-state index contributed by atoms with van der Waals surface area (Å²) in [5.41, 5.74) is -0.0753. The Labute approximate surface area is 152 Å². The summed E-state index contributed by atoms with van der Waals surface area (Å²) < 4.78 is 39.1. The molecule has 7 nitrogen and oxygen atoms in total. The smallest absolute Gasteiger partial charge is 0.416 e. The molecule has 1 aromatic carbocycles. The summed E-state index contributed by atoms with van der Waals surface area (Å²) in [6.45, 7) is 0.848. The van der Waals surface area contributed by atoms with Gasteiger partial charge in [0.25, 0.3) is 0 Å². The van der Waals surface area contributed by atoms with Gasteiger partial charge in [-0.05, 0) is 36.5 Å². The van der Waals surface area contributed by atoms with Crippen LogP contribution in [0.5, 0.6) is 0 Å². The maximum atomic E-state index is 12.6. The highest BCUT2D eigenvalue weighted by Gasteiger charge is 2.31. The fourth-order valence-electron chi connectivity index (χ4n) is 3.12. The number of hydrogen-bond acceptors (Lipinski definition) is 4. The second-order valence-electron chi connectivity index (χ2n) is 6.38. The molecule has 2 aromatic rings. The Morgan fingerprint density at radius 2 is 1.78 bits per heavy atom. The van der Waals surface area contributed by atoms with E-state index in [1.807, 2.05) is 0 Å². The van der Waals surface area contributed by atoms with Gasteiger partial charge in [-0.25, -0.2) is 9.48 Å². The monoisotopic (exact) mass is 382 g/mol. The van der Waals surface area contributed by atoms with Gasteiger partial charge in [-0.3, -0.25) is 4.79 Å². The molecule has 0 bridgehead atoms. The molecule has 144 valence electrons. The second-order valence-corrected chi connectivity index (χ2v) is 6.38. The van der Waals surface area contributed by atoms with Gasteiger partial charge in [0.05, 0.1) is 11.8 Å². The molecule has 0 spiro atoms. The third-order valence-electron chi connectivity index (χ3n) is 4.61. The molecule has 1 aromatic heterocycles. The lowest BCUT2D eigenvalue weighted by Gasteiger charge is -2.32. The van der Waals surface area contributed by atoms with E-state index in [-0.39, 0.29) is 24.1 Å². The first-order valence-corrected chi connectivity index (χ1v) is 8.32. The van der Waals surface area contributed by atoms with Crippen molar-refractivity contribution in [2.24, 2.45) is 0 Å². The second kappa shape index (κ2) is 7.37. The summed E-state index contributed by atoms with van der Waals surface area (Å²) in [5.74, 6) is -1.32. The molecule has 3 rings (SSSR count). The van der Waals surface area contributed by atoms with Crippen molar-refractivity contribution in [3.63, 3.8) is 0 Å². The summed E-state index contributed by atoms with van der Waals surface area (Å²) in [5, 5.41) is 15.9. The number of aromatic nitrogens is 3. The van der Waals surface area contributed by atoms with Gasteiger partial charge in [-0.1, -0.05) is 17.3 Å². The topological polar surface area (TPSA) is 88.3 Å². The first-order chi connectivity index (χ1) is 12.7. The van der Waals surface area contributed by atoms with E-state index in [2.05, 4.69) is 10.3 Å². The van der Waals surface area contributed by atoms with Gasteiger partial charge in [0.2, 0.25) is 5.91 Å². The van der Waals surface area contributed by atoms with Gasteiger partial charge in [-0.2, -0.15) is 13.2 Å². The van der Waals surface area contributed by atoms with Crippen LogP contribution in [-0.2, 0) is 17.5 Å². The maximum Gasteiger partial charge on any atom is 0.416 e. The van der Waals surface area contributed by atoms with Crippen molar-refractivity contribution in [2.45, 2.75) is 31.5 Å². The molecule has 1 saturated heterocycles. The van der Waals surface area contributed by atoms with E-state index in [0.717, 1.165) is 17.7 Å². The largest absolute Gasteiger partial charge is 0.476 e. The Kier molecular flexibility index (Phi) is 5.15. The molecule has 0 atom stereocenters. The summed E-state index contributed by atoms with van der Waals surface area (Å²) in [6, 6.07) is 5.15. The molecule has 27 heavy (non-hydrogen) atoms. The Hall–Kier alpha value is -2.91. The van der Waals surface area contributed by atoms with Crippen LogP contribution in [0.4, 0.5) is 13.2 Å². The van der Waals surface area contributed by atoms with Crippen LogP contribution in [0.1, 0.15) is 40.4 Å². The van der Waals surface area contributed by atoms with Crippen molar-refractivity contribution in [1.82, 2.24) is 19.9 Å². The van der Waals surface area contributed by atoms with Crippen molar-refractivity contribution in [1.29, 1.82) is 0 Å². The van der Waals surface area contributed by atoms with E-state index in [1.165, 1.54) is 23.0 Å². The summed E-state index contributed by atoms with van der Waals surface area (Å²) in [7, 11) is 0. The molecular weight excluding hydrogens is 365 g/mol. The summed E-state index contributed by atoms with van der Waals surface area (Å²) >= 11 is 0. The van der Waals surface area contributed by atoms with Crippen LogP contribution in [0.3, 0.4) is 0 Å². The number of piperidine rings is 1. The minimum Gasteiger partial charge on any atom is -0.476 e. The zero-order valence-corrected chi connectivity index (χ0v) is 14.2. The molecule has 0 saturated carbocycles. The quantitative estimate of drug-likeness (QED) is 0.877. The number of alkyl halides is 3. The lowest BCUT2D eigenvalue weighted by Crippen LogP contribution is -2.39. The van der Waals surface area contributed by atoms with Gasteiger partial charge in [-0.15, -0.1) is 5.10 Å². The molecular formula is C17H17F3N4O3. The Morgan fingerprint density at radius 3 is 2.30 bits per heavy atom. The number of hydrogen-bond donors (Lipinski definition) is 1. The van der Waals surface area contributed by atoms with Crippen LogP contribution >= 0.6 is 0 Å².